The Labute approximate surface area is 81.7 Å². The highest BCUT2D eigenvalue weighted by atomic mass is 14.6. The van der Waals surface area contributed by atoms with Gasteiger partial charge in [-0.3, -0.25) is 0 Å². The summed E-state index contributed by atoms with van der Waals surface area (Å²) in [4.78, 5) is 0. The molecule has 0 aliphatic carbocycles. The van der Waals surface area contributed by atoms with E-state index in [0.717, 1.165) is 11.3 Å². The molecule has 0 radical (unpaired) electrons. The third-order valence-corrected chi connectivity index (χ3v) is 2.35. The van der Waals surface area contributed by atoms with Crippen LogP contribution in [-0.4, -0.2) is 6.54 Å². The molecule has 0 rings (SSSR count). The highest BCUT2D eigenvalue weighted by molar-refractivity contribution is 5.27. The van der Waals surface area contributed by atoms with E-state index in [1.54, 1.807) is 0 Å². The van der Waals surface area contributed by atoms with E-state index in [0.29, 0.717) is 6.54 Å². The van der Waals surface area contributed by atoms with Crippen molar-refractivity contribution in [1.29, 1.82) is 0 Å². The van der Waals surface area contributed by atoms with Gasteiger partial charge in [-0.25, -0.2) is 0 Å². The fraction of sp³-hybridized carbons (Fsp3) is 0.636. The van der Waals surface area contributed by atoms with Gasteiger partial charge in [-0.05, 0) is 30.9 Å². The molecule has 0 aliphatic heterocycles. The fourth-order valence-corrected chi connectivity index (χ4v) is 0.691. The van der Waals surface area contributed by atoms with Gasteiger partial charge >= 0.3 is 0 Å². The quantitative estimate of drug-likeness (QED) is 0.643. The van der Waals surface area contributed by atoms with Gasteiger partial charge in [0.1, 0.15) is 0 Å². The molecule has 0 saturated carbocycles. The molecule has 0 amide bonds. The van der Waals surface area contributed by atoms with E-state index in [2.05, 4.69) is 27.7 Å². The molecule has 0 bridgehead atoms. The normalized spacial score (nSPS) is 15.7. The predicted octanol–water partition coefficient (Wildman–Crippen LogP) is 2.17. The number of rotatable bonds is 2. The zero-order valence-corrected chi connectivity index (χ0v) is 9.44. The summed E-state index contributed by atoms with van der Waals surface area (Å²) in [5, 5.41) is 0. The SMILES string of the molecule is C/C(=C\C(N)=C(\C)CN)C(C)(C)C. The molecule has 0 spiro atoms. The minimum atomic E-state index is 0.180. The van der Waals surface area contributed by atoms with Crippen LogP contribution in [0.25, 0.3) is 0 Å². The minimum Gasteiger partial charge on any atom is -0.399 e. The monoisotopic (exact) mass is 182 g/mol. The lowest BCUT2D eigenvalue weighted by atomic mass is 9.87. The molecule has 0 aromatic rings. The molecule has 0 aromatic heterocycles. The molecule has 2 nitrogen and oxygen atoms in total. The average Bonchev–Trinajstić information content (AvgIpc) is 2.01. The second kappa shape index (κ2) is 4.47. The molecule has 4 N–H and O–H groups in total. The van der Waals surface area contributed by atoms with Crippen LogP contribution in [-0.2, 0) is 0 Å². The molecule has 0 heterocycles. The maximum atomic E-state index is 5.85. The number of nitrogens with two attached hydrogens (primary N) is 2. The van der Waals surface area contributed by atoms with Crippen molar-refractivity contribution in [3.05, 3.63) is 22.9 Å². The zero-order valence-electron chi connectivity index (χ0n) is 9.44. The Morgan fingerprint density at radius 1 is 1.23 bits per heavy atom. The van der Waals surface area contributed by atoms with Crippen molar-refractivity contribution in [3.63, 3.8) is 0 Å². The lowest BCUT2D eigenvalue weighted by Crippen LogP contribution is -2.11. The minimum absolute atomic E-state index is 0.180. The fourth-order valence-electron chi connectivity index (χ4n) is 0.691. The Bertz CT molecular complexity index is 229. The average molecular weight is 182 g/mol. The van der Waals surface area contributed by atoms with Crippen molar-refractivity contribution < 1.29 is 0 Å². The van der Waals surface area contributed by atoms with Gasteiger partial charge in [0.05, 0.1) is 0 Å². The summed E-state index contributed by atoms with van der Waals surface area (Å²) in [6.45, 7) is 11.1. The topological polar surface area (TPSA) is 52.0 Å². The van der Waals surface area contributed by atoms with E-state index < -0.39 is 0 Å². The van der Waals surface area contributed by atoms with Crippen molar-refractivity contribution in [3.8, 4) is 0 Å². The highest BCUT2D eigenvalue weighted by Gasteiger charge is 2.12. The largest absolute Gasteiger partial charge is 0.399 e. The number of hydrogen-bond acceptors (Lipinski definition) is 2. The molecule has 0 fully saturated rings. The lowest BCUT2D eigenvalue weighted by molar-refractivity contribution is 0.503. The van der Waals surface area contributed by atoms with Crippen molar-refractivity contribution in [2.45, 2.75) is 34.6 Å². The molecular formula is C11H22N2. The molecule has 13 heavy (non-hydrogen) atoms. The Kier molecular flexibility index (Phi) is 4.21. The van der Waals surface area contributed by atoms with E-state index in [1.165, 1.54) is 5.57 Å². The molecule has 0 unspecified atom stereocenters. The summed E-state index contributed by atoms with van der Waals surface area (Å²) in [5.41, 5.74) is 14.6. The molecule has 0 saturated heterocycles. The molecule has 76 valence electrons. The van der Waals surface area contributed by atoms with Crippen molar-refractivity contribution in [2.75, 3.05) is 6.54 Å². The van der Waals surface area contributed by atoms with Gasteiger partial charge < -0.3 is 11.5 Å². The van der Waals surface area contributed by atoms with Crippen molar-refractivity contribution in [2.24, 2.45) is 16.9 Å². The summed E-state index contributed by atoms with van der Waals surface area (Å²) in [6.07, 6.45) is 2.02. The van der Waals surface area contributed by atoms with Gasteiger partial charge in [-0.1, -0.05) is 26.3 Å². The van der Waals surface area contributed by atoms with Crippen LogP contribution in [0.4, 0.5) is 0 Å². The Hall–Kier alpha value is -0.760. The Balaban J connectivity index is 4.77. The van der Waals surface area contributed by atoms with Crippen LogP contribution in [0.3, 0.4) is 0 Å². The first-order chi connectivity index (χ1) is 5.79. The van der Waals surface area contributed by atoms with E-state index >= 15 is 0 Å². The third-order valence-electron chi connectivity index (χ3n) is 2.35. The van der Waals surface area contributed by atoms with Crippen LogP contribution in [0.5, 0.6) is 0 Å². The zero-order chi connectivity index (χ0) is 10.6. The van der Waals surface area contributed by atoms with E-state index in [-0.39, 0.29) is 5.41 Å². The predicted molar refractivity (Wildman–Crippen MR) is 59.2 cm³/mol. The van der Waals surface area contributed by atoms with Crippen LogP contribution < -0.4 is 11.5 Å². The second-order valence-corrected chi connectivity index (χ2v) is 4.52. The van der Waals surface area contributed by atoms with Crippen LogP contribution in [0.15, 0.2) is 22.9 Å². The van der Waals surface area contributed by atoms with Crippen LogP contribution in [0.2, 0.25) is 0 Å². The Morgan fingerprint density at radius 2 is 1.69 bits per heavy atom. The summed E-state index contributed by atoms with van der Waals surface area (Å²) in [5.74, 6) is 0. The van der Waals surface area contributed by atoms with Crippen molar-refractivity contribution >= 4 is 0 Å². The van der Waals surface area contributed by atoms with Gasteiger partial charge in [-0.15, -0.1) is 0 Å². The molecular weight excluding hydrogens is 160 g/mol. The number of hydrogen-bond donors (Lipinski definition) is 2. The summed E-state index contributed by atoms with van der Waals surface area (Å²) in [7, 11) is 0. The standard InChI is InChI=1S/C11H22N2/c1-8(7-12)10(13)6-9(2)11(3,4)5/h6H,7,12-13H2,1-5H3/b9-6+,10-8+. The van der Waals surface area contributed by atoms with Crippen LogP contribution in [0, 0.1) is 5.41 Å². The summed E-state index contributed by atoms with van der Waals surface area (Å²) >= 11 is 0. The van der Waals surface area contributed by atoms with E-state index in [9.17, 15) is 0 Å². The molecule has 2 heteroatoms. The second-order valence-electron chi connectivity index (χ2n) is 4.52. The first kappa shape index (κ1) is 12.2. The third kappa shape index (κ3) is 4.13. The summed E-state index contributed by atoms with van der Waals surface area (Å²) in [6, 6.07) is 0. The molecule has 0 aromatic carbocycles. The van der Waals surface area contributed by atoms with Crippen LogP contribution in [0.1, 0.15) is 34.6 Å². The van der Waals surface area contributed by atoms with Crippen LogP contribution >= 0.6 is 0 Å². The van der Waals surface area contributed by atoms with Gasteiger partial charge in [0, 0.05) is 12.2 Å². The van der Waals surface area contributed by atoms with Gasteiger partial charge in [0.25, 0.3) is 0 Å². The maximum Gasteiger partial charge on any atom is 0.0315 e. The van der Waals surface area contributed by atoms with Gasteiger partial charge in [0.15, 0.2) is 0 Å². The van der Waals surface area contributed by atoms with Gasteiger partial charge in [-0.2, -0.15) is 0 Å². The van der Waals surface area contributed by atoms with E-state index in [1.807, 2.05) is 13.0 Å². The highest BCUT2D eigenvalue weighted by Crippen LogP contribution is 2.25. The molecule has 0 atom stereocenters. The number of allylic oxidation sites excluding steroid dienone is 2. The lowest BCUT2D eigenvalue weighted by Gasteiger charge is -2.19. The van der Waals surface area contributed by atoms with Crippen molar-refractivity contribution in [1.82, 2.24) is 0 Å². The maximum absolute atomic E-state index is 5.85. The summed E-state index contributed by atoms with van der Waals surface area (Å²) < 4.78 is 0. The van der Waals surface area contributed by atoms with Gasteiger partial charge in [0.2, 0.25) is 0 Å². The van der Waals surface area contributed by atoms with E-state index in [4.69, 9.17) is 11.5 Å². The first-order valence-electron chi connectivity index (χ1n) is 4.63. The molecule has 0 aliphatic rings. The smallest absolute Gasteiger partial charge is 0.0315 e. The Morgan fingerprint density at radius 3 is 2.00 bits per heavy atom. The first-order valence-corrected chi connectivity index (χ1v) is 4.63.